The first-order valence-electron chi connectivity index (χ1n) is 7.15. The zero-order valence-corrected chi connectivity index (χ0v) is 13.1. The van der Waals surface area contributed by atoms with Crippen molar-refractivity contribution < 1.29 is 18.8 Å². The van der Waals surface area contributed by atoms with Crippen molar-refractivity contribution in [2.45, 2.75) is 12.8 Å². The van der Waals surface area contributed by atoms with Crippen LogP contribution in [0.5, 0.6) is 0 Å². The summed E-state index contributed by atoms with van der Waals surface area (Å²) >= 11 is 5.73. The molecular weight excluding hydrogens is 325 g/mol. The number of rotatable bonds is 3. The van der Waals surface area contributed by atoms with Crippen LogP contribution >= 0.6 is 11.6 Å². The van der Waals surface area contributed by atoms with Crippen molar-refractivity contribution in [1.29, 1.82) is 0 Å². The number of aromatic nitrogens is 2. The van der Waals surface area contributed by atoms with Crippen LogP contribution in [0.2, 0.25) is 5.02 Å². The summed E-state index contributed by atoms with van der Waals surface area (Å²) in [5.41, 5.74) is 0.301. The van der Waals surface area contributed by atoms with Gasteiger partial charge in [0.05, 0.1) is 10.9 Å². The molecule has 3 rings (SSSR count). The first kappa shape index (κ1) is 15.9. The van der Waals surface area contributed by atoms with Crippen LogP contribution in [0, 0.1) is 18.7 Å². The molecule has 1 aromatic heterocycles. The fourth-order valence-electron chi connectivity index (χ4n) is 2.78. The van der Waals surface area contributed by atoms with E-state index in [1.54, 1.807) is 11.8 Å². The summed E-state index contributed by atoms with van der Waals surface area (Å²) in [7, 11) is 0. The van der Waals surface area contributed by atoms with Gasteiger partial charge >= 0.3 is 0 Å². The van der Waals surface area contributed by atoms with Crippen molar-refractivity contribution in [3.05, 3.63) is 46.3 Å². The Morgan fingerprint density at radius 1 is 1.52 bits per heavy atom. The second-order valence-electron chi connectivity index (χ2n) is 5.57. The molecule has 1 saturated heterocycles. The van der Waals surface area contributed by atoms with Crippen molar-refractivity contribution >= 4 is 17.5 Å². The molecule has 0 bridgehead atoms. The summed E-state index contributed by atoms with van der Waals surface area (Å²) < 4.78 is 18.4. The smallest absolute Gasteiger partial charge is 0.253 e. The maximum Gasteiger partial charge on any atom is 0.253 e. The van der Waals surface area contributed by atoms with Crippen LogP contribution in [0.3, 0.4) is 0 Å². The SMILES string of the molecule is Cc1noc([C@@H]2CN(C(=O)c3ccc(F)c(Cl)c3)C[C@H]2CO)n1. The molecule has 2 heterocycles. The van der Waals surface area contributed by atoms with Gasteiger partial charge < -0.3 is 14.5 Å². The predicted molar refractivity (Wildman–Crippen MR) is 79.7 cm³/mol. The van der Waals surface area contributed by atoms with E-state index in [9.17, 15) is 14.3 Å². The molecule has 0 spiro atoms. The maximum atomic E-state index is 13.2. The van der Waals surface area contributed by atoms with Crippen LogP contribution in [-0.4, -0.2) is 45.8 Å². The second-order valence-corrected chi connectivity index (χ2v) is 5.98. The van der Waals surface area contributed by atoms with Gasteiger partial charge in [0.15, 0.2) is 5.82 Å². The van der Waals surface area contributed by atoms with Gasteiger partial charge in [0.1, 0.15) is 5.82 Å². The van der Waals surface area contributed by atoms with Crippen molar-refractivity contribution in [2.24, 2.45) is 5.92 Å². The Balaban J connectivity index is 1.81. The van der Waals surface area contributed by atoms with E-state index in [1.807, 2.05) is 0 Å². The lowest BCUT2D eigenvalue weighted by atomic mass is 9.97. The summed E-state index contributed by atoms with van der Waals surface area (Å²) in [6.07, 6.45) is 0. The van der Waals surface area contributed by atoms with Gasteiger partial charge in [-0.15, -0.1) is 0 Å². The van der Waals surface area contributed by atoms with Crippen molar-refractivity contribution in [3.8, 4) is 0 Å². The molecule has 6 nitrogen and oxygen atoms in total. The normalized spacial score (nSPS) is 21.0. The largest absolute Gasteiger partial charge is 0.396 e. The molecule has 1 aromatic carbocycles. The van der Waals surface area contributed by atoms with E-state index in [1.165, 1.54) is 12.1 Å². The van der Waals surface area contributed by atoms with Gasteiger partial charge in [0.2, 0.25) is 5.89 Å². The summed E-state index contributed by atoms with van der Waals surface area (Å²) in [6, 6.07) is 3.85. The van der Waals surface area contributed by atoms with Crippen LogP contribution in [0.15, 0.2) is 22.7 Å². The summed E-state index contributed by atoms with van der Waals surface area (Å²) in [5, 5.41) is 13.2. The van der Waals surface area contributed by atoms with E-state index in [0.717, 1.165) is 6.07 Å². The van der Waals surface area contributed by atoms with Crippen molar-refractivity contribution in [1.82, 2.24) is 15.0 Å². The lowest BCUT2D eigenvalue weighted by molar-refractivity contribution is 0.0781. The van der Waals surface area contributed by atoms with E-state index < -0.39 is 5.82 Å². The van der Waals surface area contributed by atoms with Crippen molar-refractivity contribution in [2.75, 3.05) is 19.7 Å². The van der Waals surface area contributed by atoms with Crippen LogP contribution < -0.4 is 0 Å². The van der Waals surface area contributed by atoms with Crippen LogP contribution in [0.25, 0.3) is 0 Å². The molecule has 2 atom stereocenters. The quantitative estimate of drug-likeness (QED) is 0.925. The van der Waals surface area contributed by atoms with Gasteiger partial charge in [0.25, 0.3) is 5.91 Å². The van der Waals surface area contributed by atoms with Crippen LogP contribution in [0.1, 0.15) is 28.0 Å². The molecule has 2 aromatic rings. The Kier molecular flexibility index (Phi) is 4.32. The minimum atomic E-state index is -0.572. The average Bonchev–Trinajstić information content (AvgIpc) is 3.15. The van der Waals surface area contributed by atoms with Crippen molar-refractivity contribution in [3.63, 3.8) is 0 Å². The predicted octanol–water partition coefficient (Wildman–Crippen LogP) is 2.02. The second kappa shape index (κ2) is 6.25. The van der Waals surface area contributed by atoms with E-state index in [4.69, 9.17) is 16.1 Å². The minimum absolute atomic E-state index is 0.0972. The Labute approximate surface area is 136 Å². The fraction of sp³-hybridized carbons (Fsp3) is 0.400. The molecule has 1 amide bonds. The molecule has 1 aliphatic heterocycles. The summed E-state index contributed by atoms with van der Waals surface area (Å²) in [6.45, 7) is 2.32. The monoisotopic (exact) mass is 339 g/mol. The van der Waals surface area contributed by atoms with Gasteiger partial charge in [-0.05, 0) is 25.1 Å². The van der Waals surface area contributed by atoms with E-state index in [2.05, 4.69) is 10.1 Å². The third kappa shape index (κ3) is 3.07. The molecule has 0 saturated carbocycles. The maximum absolute atomic E-state index is 13.2. The highest BCUT2D eigenvalue weighted by Gasteiger charge is 2.39. The molecular formula is C15H15ClFN3O3. The molecule has 8 heteroatoms. The standard InChI is InChI=1S/C15H15ClFN3O3/c1-8-18-14(23-19-8)11-6-20(5-10(11)7-21)15(22)9-2-3-13(17)12(16)4-9/h2-4,10-11,21H,5-7H2,1H3/t10-,11+/m0/s1. The van der Waals surface area contributed by atoms with Gasteiger partial charge in [-0.1, -0.05) is 16.8 Å². The molecule has 1 fully saturated rings. The number of hydrogen-bond acceptors (Lipinski definition) is 5. The average molecular weight is 340 g/mol. The van der Waals surface area contributed by atoms with E-state index >= 15 is 0 Å². The first-order chi connectivity index (χ1) is 11.0. The number of aliphatic hydroxyl groups excluding tert-OH is 1. The number of benzene rings is 1. The van der Waals surface area contributed by atoms with Gasteiger partial charge in [-0.25, -0.2) is 4.39 Å². The highest BCUT2D eigenvalue weighted by atomic mass is 35.5. The van der Waals surface area contributed by atoms with Gasteiger partial charge in [0, 0.05) is 31.2 Å². The topological polar surface area (TPSA) is 79.5 Å². The molecule has 0 radical (unpaired) electrons. The number of hydrogen-bond donors (Lipinski definition) is 1. The Morgan fingerprint density at radius 3 is 2.91 bits per heavy atom. The number of likely N-dealkylation sites (tertiary alicyclic amines) is 1. The number of carbonyl (C=O) groups excluding carboxylic acids is 1. The fourth-order valence-corrected chi connectivity index (χ4v) is 2.96. The highest BCUT2D eigenvalue weighted by Crippen LogP contribution is 2.32. The van der Waals surface area contributed by atoms with E-state index in [0.29, 0.717) is 30.4 Å². The summed E-state index contributed by atoms with van der Waals surface area (Å²) in [5.74, 6) is -0.335. The molecule has 0 unspecified atom stereocenters. The Hall–Kier alpha value is -1.99. The number of carbonyl (C=O) groups is 1. The number of halogens is 2. The molecule has 122 valence electrons. The van der Waals surface area contributed by atoms with Crippen LogP contribution in [-0.2, 0) is 0 Å². The minimum Gasteiger partial charge on any atom is -0.396 e. The van der Waals surface area contributed by atoms with E-state index in [-0.39, 0.29) is 29.4 Å². The summed E-state index contributed by atoms with van der Waals surface area (Å²) in [4.78, 5) is 18.3. The molecule has 0 aliphatic carbocycles. The third-order valence-electron chi connectivity index (χ3n) is 3.99. The zero-order valence-electron chi connectivity index (χ0n) is 12.4. The van der Waals surface area contributed by atoms with Crippen LogP contribution in [0.4, 0.5) is 4.39 Å². The first-order valence-corrected chi connectivity index (χ1v) is 7.52. The Bertz CT molecular complexity index is 737. The zero-order chi connectivity index (χ0) is 16.6. The molecule has 23 heavy (non-hydrogen) atoms. The third-order valence-corrected chi connectivity index (χ3v) is 4.28. The number of aliphatic hydroxyl groups is 1. The lowest BCUT2D eigenvalue weighted by Gasteiger charge is -2.16. The number of nitrogens with zero attached hydrogens (tertiary/aromatic N) is 3. The number of amides is 1. The molecule has 1 aliphatic rings. The van der Waals surface area contributed by atoms with Gasteiger partial charge in [-0.2, -0.15) is 4.98 Å². The number of aryl methyl sites for hydroxylation is 1. The Morgan fingerprint density at radius 2 is 2.30 bits per heavy atom. The molecule has 1 N–H and O–H groups in total. The highest BCUT2D eigenvalue weighted by molar-refractivity contribution is 6.31. The van der Waals surface area contributed by atoms with Gasteiger partial charge in [-0.3, -0.25) is 4.79 Å². The lowest BCUT2D eigenvalue weighted by Crippen LogP contribution is -2.29.